The van der Waals surface area contributed by atoms with E-state index in [1.165, 1.54) is 4.90 Å². The standard InChI is InChI=1S/C11H13N7O2S/c19-11(20)18-6-4-17(5-7-18)9-8(15-21-16-9)14-10-12-2-1-3-13-10/h1-3H,4-7H2,(H,19,20)(H,12,13,14,15). The fourth-order valence-electron chi connectivity index (χ4n) is 2.05. The van der Waals surface area contributed by atoms with Crippen molar-refractivity contribution >= 4 is 35.4 Å². The Morgan fingerprint density at radius 3 is 2.57 bits per heavy atom. The number of aromatic nitrogens is 4. The summed E-state index contributed by atoms with van der Waals surface area (Å²) >= 11 is 1.10. The van der Waals surface area contributed by atoms with Crippen molar-refractivity contribution in [3.8, 4) is 0 Å². The molecule has 2 aromatic heterocycles. The van der Waals surface area contributed by atoms with Crippen LogP contribution in [-0.4, -0.2) is 61.0 Å². The van der Waals surface area contributed by atoms with Crippen LogP contribution in [0.3, 0.4) is 0 Å². The molecule has 0 saturated carbocycles. The van der Waals surface area contributed by atoms with Crippen LogP contribution in [0.1, 0.15) is 0 Å². The van der Waals surface area contributed by atoms with Gasteiger partial charge in [0.1, 0.15) is 0 Å². The molecule has 10 heteroatoms. The molecular formula is C11H13N7O2S. The van der Waals surface area contributed by atoms with E-state index in [9.17, 15) is 4.79 Å². The first-order valence-corrected chi connectivity index (χ1v) is 7.06. The third-order valence-corrected chi connectivity index (χ3v) is 3.64. The van der Waals surface area contributed by atoms with Crippen molar-refractivity contribution in [2.24, 2.45) is 0 Å². The fourth-order valence-corrected chi connectivity index (χ4v) is 2.58. The van der Waals surface area contributed by atoms with Gasteiger partial charge >= 0.3 is 6.09 Å². The first-order chi connectivity index (χ1) is 10.2. The molecule has 0 bridgehead atoms. The van der Waals surface area contributed by atoms with E-state index in [1.807, 2.05) is 4.90 Å². The third-order valence-electron chi connectivity index (χ3n) is 3.12. The average molecular weight is 307 g/mol. The normalized spacial score (nSPS) is 15.0. The molecule has 0 spiro atoms. The van der Waals surface area contributed by atoms with Crippen LogP contribution >= 0.6 is 11.7 Å². The molecule has 0 atom stereocenters. The molecule has 2 N–H and O–H groups in total. The highest BCUT2D eigenvalue weighted by molar-refractivity contribution is 6.99. The van der Waals surface area contributed by atoms with Gasteiger partial charge in [0.25, 0.3) is 0 Å². The summed E-state index contributed by atoms with van der Waals surface area (Å²) < 4.78 is 8.49. The SMILES string of the molecule is O=C(O)N1CCN(c2nsnc2Nc2ncccn2)CC1. The highest BCUT2D eigenvalue weighted by Gasteiger charge is 2.24. The van der Waals surface area contributed by atoms with Gasteiger partial charge in [-0.25, -0.2) is 14.8 Å². The lowest BCUT2D eigenvalue weighted by Crippen LogP contribution is -2.48. The quantitative estimate of drug-likeness (QED) is 0.860. The lowest BCUT2D eigenvalue weighted by Gasteiger charge is -2.33. The van der Waals surface area contributed by atoms with Crippen LogP contribution < -0.4 is 10.2 Å². The van der Waals surface area contributed by atoms with E-state index in [0.29, 0.717) is 43.8 Å². The Morgan fingerprint density at radius 2 is 1.90 bits per heavy atom. The van der Waals surface area contributed by atoms with Crippen LogP contribution in [0.15, 0.2) is 18.5 Å². The summed E-state index contributed by atoms with van der Waals surface area (Å²) in [6.45, 7) is 2.08. The van der Waals surface area contributed by atoms with E-state index < -0.39 is 6.09 Å². The minimum absolute atomic E-state index is 0.453. The molecule has 0 aromatic carbocycles. The van der Waals surface area contributed by atoms with E-state index in [1.54, 1.807) is 18.5 Å². The second kappa shape index (κ2) is 5.87. The number of nitrogens with zero attached hydrogens (tertiary/aromatic N) is 6. The number of carbonyl (C=O) groups is 1. The molecule has 3 rings (SSSR count). The minimum Gasteiger partial charge on any atom is -0.465 e. The molecule has 1 amide bonds. The highest BCUT2D eigenvalue weighted by atomic mass is 32.1. The van der Waals surface area contributed by atoms with Crippen molar-refractivity contribution in [2.75, 3.05) is 36.4 Å². The summed E-state index contributed by atoms with van der Waals surface area (Å²) in [6, 6.07) is 1.73. The zero-order valence-corrected chi connectivity index (χ0v) is 11.8. The molecule has 1 aliphatic heterocycles. The lowest BCUT2D eigenvalue weighted by atomic mass is 10.3. The maximum Gasteiger partial charge on any atom is 0.407 e. The van der Waals surface area contributed by atoms with Crippen molar-refractivity contribution in [1.29, 1.82) is 0 Å². The van der Waals surface area contributed by atoms with Crippen molar-refractivity contribution in [1.82, 2.24) is 23.6 Å². The van der Waals surface area contributed by atoms with Crippen molar-refractivity contribution in [3.05, 3.63) is 18.5 Å². The number of amides is 1. The van der Waals surface area contributed by atoms with Gasteiger partial charge in [-0.2, -0.15) is 8.75 Å². The van der Waals surface area contributed by atoms with Crippen molar-refractivity contribution < 1.29 is 9.90 Å². The molecule has 3 heterocycles. The van der Waals surface area contributed by atoms with E-state index in [4.69, 9.17) is 5.11 Å². The monoisotopic (exact) mass is 307 g/mol. The van der Waals surface area contributed by atoms with E-state index >= 15 is 0 Å². The average Bonchev–Trinajstić information content (AvgIpc) is 2.96. The Hall–Kier alpha value is -2.49. The van der Waals surface area contributed by atoms with Crippen molar-refractivity contribution in [3.63, 3.8) is 0 Å². The smallest absolute Gasteiger partial charge is 0.407 e. The zero-order chi connectivity index (χ0) is 14.7. The molecule has 1 saturated heterocycles. The van der Waals surface area contributed by atoms with Gasteiger partial charge in [-0.05, 0) is 6.07 Å². The molecule has 1 fully saturated rings. The van der Waals surface area contributed by atoms with Crippen LogP contribution in [0, 0.1) is 0 Å². The minimum atomic E-state index is -0.887. The molecule has 1 aliphatic rings. The maximum atomic E-state index is 10.9. The molecule has 0 radical (unpaired) electrons. The Labute approximate surface area is 124 Å². The third kappa shape index (κ3) is 2.99. The van der Waals surface area contributed by atoms with E-state index in [0.717, 1.165) is 11.7 Å². The number of rotatable bonds is 3. The molecule has 0 aliphatic carbocycles. The van der Waals surface area contributed by atoms with Gasteiger partial charge in [-0.15, -0.1) is 0 Å². The fraction of sp³-hybridized carbons (Fsp3) is 0.364. The molecule has 21 heavy (non-hydrogen) atoms. The summed E-state index contributed by atoms with van der Waals surface area (Å²) in [5, 5.41) is 12.0. The number of anilines is 3. The molecule has 2 aromatic rings. The van der Waals surface area contributed by atoms with Crippen LogP contribution in [0.4, 0.5) is 22.4 Å². The maximum absolute atomic E-state index is 10.9. The topological polar surface area (TPSA) is 107 Å². The molecule has 0 unspecified atom stereocenters. The number of nitrogens with one attached hydrogen (secondary N) is 1. The Bertz CT molecular complexity index is 612. The summed E-state index contributed by atoms with van der Waals surface area (Å²) in [6.07, 6.45) is 2.39. The van der Waals surface area contributed by atoms with Gasteiger partial charge in [0.2, 0.25) is 5.95 Å². The van der Waals surface area contributed by atoms with Crippen LogP contribution in [0.25, 0.3) is 0 Å². The summed E-state index contributed by atoms with van der Waals surface area (Å²) in [7, 11) is 0. The van der Waals surface area contributed by atoms with Gasteiger partial charge in [0.15, 0.2) is 11.6 Å². The second-order valence-corrected chi connectivity index (χ2v) is 4.92. The van der Waals surface area contributed by atoms with Crippen LogP contribution in [-0.2, 0) is 0 Å². The van der Waals surface area contributed by atoms with Gasteiger partial charge in [-0.1, -0.05) is 0 Å². The zero-order valence-electron chi connectivity index (χ0n) is 11.0. The van der Waals surface area contributed by atoms with Gasteiger partial charge < -0.3 is 20.2 Å². The van der Waals surface area contributed by atoms with E-state index in [-0.39, 0.29) is 0 Å². The number of hydrogen-bond acceptors (Lipinski definition) is 8. The predicted octanol–water partition coefficient (Wildman–Crippen LogP) is 0.872. The summed E-state index contributed by atoms with van der Waals surface area (Å²) in [5.74, 6) is 1.75. The second-order valence-electron chi connectivity index (χ2n) is 4.39. The molecule has 110 valence electrons. The van der Waals surface area contributed by atoms with Crippen LogP contribution in [0.5, 0.6) is 0 Å². The predicted molar refractivity (Wildman–Crippen MR) is 77.0 cm³/mol. The number of hydrogen-bond donors (Lipinski definition) is 2. The molecule has 9 nitrogen and oxygen atoms in total. The number of carboxylic acid groups (broad SMARTS) is 1. The Morgan fingerprint density at radius 1 is 1.19 bits per heavy atom. The van der Waals surface area contributed by atoms with Crippen molar-refractivity contribution in [2.45, 2.75) is 0 Å². The van der Waals surface area contributed by atoms with Gasteiger partial charge in [-0.3, -0.25) is 0 Å². The van der Waals surface area contributed by atoms with E-state index in [2.05, 4.69) is 24.0 Å². The molecular weight excluding hydrogens is 294 g/mol. The largest absolute Gasteiger partial charge is 0.465 e. The summed E-state index contributed by atoms with van der Waals surface area (Å²) in [4.78, 5) is 22.5. The first kappa shape index (κ1) is 13.5. The first-order valence-electron chi connectivity index (χ1n) is 6.33. The van der Waals surface area contributed by atoms with Gasteiger partial charge in [0, 0.05) is 38.6 Å². The highest BCUT2D eigenvalue weighted by Crippen LogP contribution is 2.26. The van der Waals surface area contributed by atoms with Gasteiger partial charge in [0.05, 0.1) is 11.7 Å². The Kier molecular flexibility index (Phi) is 3.77. The number of piperazine rings is 1. The Balaban J connectivity index is 1.70. The van der Waals surface area contributed by atoms with Crippen LogP contribution in [0.2, 0.25) is 0 Å². The lowest BCUT2D eigenvalue weighted by molar-refractivity contribution is 0.142. The summed E-state index contributed by atoms with van der Waals surface area (Å²) in [5.41, 5.74) is 0.